The Morgan fingerprint density at radius 3 is 2.71 bits per heavy atom. The molecule has 0 aromatic heterocycles. The van der Waals surface area contributed by atoms with Crippen LogP contribution in [-0.4, -0.2) is 35.8 Å². The standard InChI is InChI=1S/C11H13NO5/c1-17-6-10(14)12-8-4-7(5-11(15)16)2-3-9(8)13/h2-4,13H,5-6H2,1H3,(H,12,14)(H,15,16). The van der Waals surface area contributed by atoms with Crippen LogP contribution < -0.4 is 5.32 Å². The van der Waals surface area contributed by atoms with Crippen LogP contribution in [0.2, 0.25) is 0 Å². The van der Waals surface area contributed by atoms with E-state index in [1.54, 1.807) is 0 Å². The van der Waals surface area contributed by atoms with Gasteiger partial charge in [0.2, 0.25) is 5.91 Å². The number of phenols is 1. The summed E-state index contributed by atoms with van der Waals surface area (Å²) in [5.74, 6) is -1.52. The molecule has 0 spiro atoms. The van der Waals surface area contributed by atoms with Crippen molar-refractivity contribution in [3.63, 3.8) is 0 Å². The van der Waals surface area contributed by atoms with Gasteiger partial charge >= 0.3 is 5.97 Å². The molecule has 0 fully saturated rings. The van der Waals surface area contributed by atoms with E-state index in [0.717, 1.165) is 0 Å². The summed E-state index contributed by atoms with van der Waals surface area (Å²) in [7, 11) is 1.38. The number of benzene rings is 1. The van der Waals surface area contributed by atoms with Crippen molar-refractivity contribution in [3.8, 4) is 5.75 Å². The molecule has 0 aliphatic carbocycles. The summed E-state index contributed by atoms with van der Waals surface area (Å²) >= 11 is 0. The second-order valence-corrected chi connectivity index (χ2v) is 3.40. The van der Waals surface area contributed by atoms with Crippen molar-refractivity contribution < 1.29 is 24.5 Å². The van der Waals surface area contributed by atoms with Crippen LogP contribution in [0.25, 0.3) is 0 Å². The SMILES string of the molecule is COCC(=O)Nc1cc(CC(=O)O)ccc1O. The minimum atomic E-state index is -0.982. The van der Waals surface area contributed by atoms with E-state index in [2.05, 4.69) is 10.1 Å². The van der Waals surface area contributed by atoms with E-state index in [0.29, 0.717) is 5.56 Å². The first-order valence-corrected chi connectivity index (χ1v) is 4.85. The van der Waals surface area contributed by atoms with Crippen molar-refractivity contribution in [2.45, 2.75) is 6.42 Å². The number of hydrogen-bond donors (Lipinski definition) is 3. The highest BCUT2D eigenvalue weighted by Gasteiger charge is 2.08. The number of aromatic hydroxyl groups is 1. The van der Waals surface area contributed by atoms with Gasteiger partial charge in [-0.3, -0.25) is 9.59 Å². The van der Waals surface area contributed by atoms with Gasteiger partial charge in [0.1, 0.15) is 12.4 Å². The van der Waals surface area contributed by atoms with Crippen LogP contribution in [0.5, 0.6) is 5.75 Å². The molecule has 3 N–H and O–H groups in total. The van der Waals surface area contributed by atoms with Crippen molar-refractivity contribution in [3.05, 3.63) is 23.8 Å². The van der Waals surface area contributed by atoms with E-state index in [1.165, 1.54) is 25.3 Å². The molecule has 92 valence electrons. The Kier molecular flexibility index (Phi) is 4.47. The Balaban J connectivity index is 2.83. The molecular weight excluding hydrogens is 226 g/mol. The van der Waals surface area contributed by atoms with Crippen LogP contribution in [0.4, 0.5) is 5.69 Å². The summed E-state index contributed by atoms with van der Waals surface area (Å²) < 4.78 is 4.62. The molecule has 0 unspecified atom stereocenters. The lowest BCUT2D eigenvalue weighted by Gasteiger charge is -2.08. The quantitative estimate of drug-likeness (QED) is 0.654. The number of phenolic OH excluding ortho intramolecular Hbond substituents is 1. The molecule has 0 heterocycles. The third-order valence-electron chi connectivity index (χ3n) is 1.97. The van der Waals surface area contributed by atoms with Gasteiger partial charge in [-0.2, -0.15) is 0 Å². The maximum Gasteiger partial charge on any atom is 0.307 e. The number of hydrogen-bond acceptors (Lipinski definition) is 4. The molecule has 0 saturated heterocycles. The largest absolute Gasteiger partial charge is 0.506 e. The summed E-state index contributed by atoms with van der Waals surface area (Å²) in [5.41, 5.74) is 0.661. The van der Waals surface area contributed by atoms with E-state index >= 15 is 0 Å². The Morgan fingerprint density at radius 2 is 2.12 bits per heavy atom. The minimum Gasteiger partial charge on any atom is -0.506 e. The first-order valence-electron chi connectivity index (χ1n) is 4.85. The number of aliphatic carboxylic acids is 1. The first kappa shape index (κ1) is 13.0. The van der Waals surface area contributed by atoms with Gasteiger partial charge in [0.15, 0.2) is 0 Å². The lowest BCUT2D eigenvalue weighted by atomic mass is 10.1. The number of carboxylic acids is 1. The highest BCUT2D eigenvalue weighted by atomic mass is 16.5. The fraction of sp³-hybridized carbons (Fsp3) is 0.273. The third kappa shape index (κ3) is 4.12. The number of ether oxygens (including phenoxy) is 1. The molecule has 1 rings (SSSR count). The van der Waals surface area contributed by atoms with Gasteiger partial charge in [0.05, 0.1) is 12.1 Å². The van der Waals surface area contributed by atoms with E-state index in [-0.39, 0.29) is 24.5 Å². The van der Waals surface area contributed by atoms with Crippen LogP contribution in [0, 0.1) is 0 Å². The molecule has 0 bridgehead atoms. The molecule has 6 heteroatoms. The number of carbonyl (C=O) groups is 2. The first-order chi connectivity index (χ1) is 8.02. The van der Waals surface area contributed by atoms with Gasteiger partial charge in [-0.1, -0.05) is 6.07 Å². The van der Waals surface area contributed by atoms with Crippen molar-refractivity contribution >= 4 is 17.6 Å². The number of amides is 1. The predicted molar refractivity (Wildman–Crippen MR) is 60.0 cm³/mol. The minimum absolute atomic E-state index is 0.122. The molecule has 0 radical (unpaired) electrons. The van der Waals surface area contributed by atoms with Gasteiger partial charge in [0, 0.05) is 7.11 Å². The molecule has 1 aromatic carbocycles. The second kappa shape index (κ2) is 5.86. The number of rotatable bonds is 5. The summed E-state index contributed by atoms with van der Waals surface area (Å²) in [4.78, 5) is 21.8. The summed E-state index contributed by atoms with van der Waals surface area (Å²) in [6.07, 6.45) is -0.173. The predicted octanol–water partition coefficient (Wildman–Crippen LogP) is 0.604. The van der Waals surface area contributed by atoms with E-state index < -0.39 is 11.9 Å². The molecule has 1 amide bonds. The van der Waals surface area contributed by atoms with E-state index in [4.69, 9.17) is 5.11 Å². The zero-order chi connectivity index (χ0) is 12.8. The van der Waals surface area contributed by atoms with Crippen molar-refractivity contribution in [2.75, 3.05) is 19.0 Å². The van der Waals surface area contributed by atoms with Crippen LogP contribution in [0.3, 0.4) is 0 Å². The number of nitrogens with one attached hydrogen (secondary N) is 1. The number of methoxy groups -OCH3 is 1. The summed E-state index contributed by atoms with van der Waals surface area (Å²) in [6.45, 7) is -0.136. The van der Waals surface area contributed by atoms with Crippen LogP contribution in [0.1, 0.15) is 5.56 Å². The maximum absolute atomic E-state index is 11.2. The van der Waals surface area contributed by atoms with Gasteiger partial charge in [0.25, 0.3) is 0 Å². The average Bonchev–Trinajstić information content (AvgIpc) is 2.22. The van der Waals surface area contributed by atoms with Crippen molar-refractivity contribution in [2.24, 2.45) is 0 Å². The van der Waals surface area contributed by atoms with Crippen LogP contribution in [0.15, 0.2) is 18.2 Å². The second-order valence-electron chi connectivity index (χ2n) is 3.40. The molecular formula is C11H13NO5. The summed E-state index contributed by atoms with van der Waals surface area (Å²) in [5, 5.41) is 20.5. The lowest BCUT2D eigenvalue weighted by molar-refractivity contribution is -0.136. The Hall–Kier alpha value is -2.08. The van der Waals surface area contributed by atoms with Crippen LogP contribution in [-0.2, 0) is 20.7 Å². The topological polar surface area (TPSA) is 95.9 Å². The van der Waals surface area contributed by atoms with Gasteiger partial charge in [-0.25, -0.2) is 0 Å². The Morgan fingerprint density at radius 1 is 1.41 bits per heavy atom. The van der Waals surface area contributed by atoms with Gasteiger partial charge in [-0.05, 0) is 17.7 Å². The zero-order valence-electron chi connectivity index (χ0n) is 9.27. The van der Waals surface area contributed by atoms with E-state index in [9.17, 15) is 14.7 Å². The summed E-state index contributed by atoms with van der Waals surface area (Å²) in [6, 6.07) is 4.23. The number of carboxylic acid groups (broad SMARTS) is 1. The maximum atomic E-state index is 11.2. The number of carbonyl (C=O) groups excluding carboxylic acids is 1. The zero-order valence-corrected chi connectivity index (χ0v) is 9.27. The Bertz CT molecular complexity index is 430. The lowest BCUT2D eigenvalue weighted by Crippen LogP contribution is -2.17. The molecule has 0 atom stereocenters. The van der Waals surface area contributed by atoms with Gasteiger partial charge < -0.3 is 20.3 Å². The van der Waals surface area contributed by atoms with Crippen LogP contribution >= 0.6 is 0 Å². The van der Waals surface area contributed by atoms with Gasteiger partial charge in [-0.15, -0.1) is 0 Å². The molecule has 6 nitrogen and oxygen atoms in total. The highest BCUT2D eigenvalue weighted by molar-refractivity contribution is 5.93. The van der Waals surface area contributed by atoms with Crippen molar-refractivity contribution in [1.82, 2.24) is 0 Å². The van der Waals surface area contributed by atoms with E-state index in [1.807, 2.05) is 0 Å². The molecule has 1 aromatic rings. The number of anilines is 1. The molecule has 17 heavy (non-hydrogen) atoms. The molecule has 0 aliphatic rings. The highest BCUT2D eigenvalue weighted by Crippen LogP contribution is 2.24. The fourth-order valence-electron chi connectivity index (χ4n) is 1.29. The molecule has 0 saturated carbocycles. The third-order valence-corrected chi connectivity index (χ3v) is 1.97. The fourth-order valence-corrected chi connectivity index (χ4v) is 1.29. The normalized spacial score (nSPS) is 9.94. The smallest absolute Gasteiger partial charge is 0.307 e. The molecule has 0 aliphatic heterocycles. The van der Waals surface area contributed by atoms with Crippen molar-refractivity contribution in [1.29, 1.82) is 0 Å². The monoisotopic (exact) mass is 239 g/mol. The Labute approximate surface area is 97.8 Å². The average molecular weight is 239 g/mol.